The minimum atomic E-state index is -0.448. The zero-order valence-electron chi connectivity index (χ0n) is 17.4. The lowest BCUT2D eigenvalue weighted by atomic mass is 10.0. The molecule has 0 bridgehead atoms. The summed E-state index contributed by atoms with van der Waals surface area (Å²) in [7, 11) is 0. The molecule has 31 heavy (non-hydrogen) atoms. The second kappa shape index (κ2) is 10.7. The summed E-state index contributed by atoms with van der Waals surface area (Å²) in [6, 6.07) is 20.2. The number of unbranched alkanes of at least 4 members (excludes halogenated alkanes) is 1. The molecule has 3 N–H and O–H groups in total. The first-order valence-electron chi connectivity index (χ1n) is 10.2. The Morgan fingerprint density at radius 3 is 2.39 bits per heavy atom. The minimum absolute atomic E-state index is 0.0516. The quantitative estimate of drug-likeness (QED) is 0.394. The van der Waals surface area contributed by atoms with Crippen molar-refractivity contribution in [2.75, 3.05) is 5.32 Å². The van der Waals surface area contributed by atoms with Crippen LogP contribution in [0, 0.1) is 0 Å². The molecule has 0 aliphatic carbocycles. The Labute approximate surface area is 181 Å². The van der Waals surface area contributed by atoms with Crippen LogP contribution in [-0.2, 0) is 9.59 Å². The van der Waals surface area contributed by atoms with Crippen molar-refractivity contribution < 1.29 is 14.4 Å². The summed E-state index contributed by atoms with van der Waals surface area (Å²) in [6.07, 6.45) is 5.34. The molecule has 0 radical (unpaired) electrons. The van der Waals surface area contributed by atoms with Gasteiger partial charge in [0.25, 0.3) is 11.8 Å². The summed E-state index contributed by atoms with van der Waals surface area (Å²) >= 11 is 0. The van der Waals surface area contributed by atoms with Gasteiger partial charge in [-0.15, -0.1) is 0 Å². The van der Waals surface area contributed by atoms with Crippen molar-refractivity contribution in [1.82, 2.24) is 10.9 Å². The van der Waals surface area contributed by atoms with Gasteiger partial charge in [-0.25, -0.2) is 0 Å². The number of amides is 3. The molecule has 6 heteroatoms. The molecule has 3 amide bonds. The Bertz CT molecular complexity index is 1100. The van der Waals surface area contributed by atoms with Crippen LogP contribution in [0.2, 0.25) is 0 Å². The van der Waals surface area contributed by atoms with E-state index in [1.54, 1.807) is 30.3 Å². The van der Waals surface area contributed by atoms with E-state index in [4.69, 9.17) is 0 Å². The van der Waals surface area contributed by atoms with Gasteiger partial charge in [-0.3, -0.25) is 25.2 Å². The number of anilines is 1. The smallest absolute Gasteiger partial charge is 0.269 e. The van der Waals surface area contributed by atoms with Crippen molar-refractivity contribution in [2.24, 2.45) is 0 Å². The van der Waals surface area contributed by atoms with Gasteiger partial charge in [0.1, 0.15) is 0 Å². The van der Waals surface area contributed by atoms with Crippen molar-refractivity contribution in [1.29, 1.82) is 0 Å². The van der Waals surface area contributed by atoms with Crippen LogP contribution in [-0.4, -0.2) is 17.7 Å². The van der Waals surface area contributed by atoms with Gasteiger partial charge in [-0.05, 0) is 53.1 Å². The third kappa shape index (κ3) is 6.27. The van der Waals surface area contributed by atoms with E-state index in [0.29, 0.717) is 17.7 Å². The predicted molar refractivity (Wildman–Crippen MR) is 123 cm³/mol. The highest BCUT2D eigenvalue weighted by atomic mass is 16.2. The van der Waals surface area contributed by atoms with E-state index >= 15 is 0 Å². The van der Waals surface area contributed by atoms with Crippen LogP contribution >= 0.6 is 0 Å². The lowest BCUT2D eigenvalue weighted by Gasteiger charge is -2.08. The first-order chi connectivity index (χ1) is 15.1. The van der Waals surface area contributed by atoms with Crippen LogP contribution in [0.5, 0.6) is 0 Å². The topological polar surface area (TPSA) is 87.3 Å². The summed E-state index contributed by atoms with van der Waals surface area (Å²) in [4.78, 5) is 36.1. The Hall–Kier alpha value is -3.93. The van der Waals surface area contributed by atoms with Gasteiger partial charge < -0.3 is 5.32 Å². The predicted octanol–water partition coefficient (Wildman–Crippen LogP) is 4.44. The van der Waals surface area contributed by atoms with Gasteiger partial charge >= 0.3 is 0 Å². The van der Waals surface area contributed by atoms with Crippen molar-refractivity contribution in [2.45, 2.75) is 26.2 Å². The second-order valence-corrected chi connectivity index (χ2v) is 7.07. The van der Waals surface area contributed by atoms with Crippen LogP contribution in [0.1, 0.15) is 42.1 Å². The second-order valence-electron chi connectivity index (χ2n) is 7.07. The van der Waals surface area contributed by atoms with E-state index in [1.165, 1.54) is 6.08 Å². The molecule has 3 aromatic carbocycles. The van der Waals surface area contributed by atoms with Crippen molar-refractivity contribution in [3.63, 3.8) is 0 Å². The number of nitrogens with one attached hydrogen (secondary N) is 3. The molecule has 0 heterocycles. The maximum absolute atomic E-state index is 12.2. The molecule has 6 nitrogen and oxygen atoms in total. The van der Waals surface area contributed by atoms with Crippen LogP contribution < -0.4 is 16.2 Å². The normalized spacial score (nSPS) is 10.7. The summed E-state index contributed by atoms with van der Waals surface area (Å²) < 4.78 is 0. The van der Waals surface area contributed by atoms with Crippen LogP contribution in [0.3, 0.4) is 0 Å². The fourth-order valence-corrected chi connectivity index (χ4v) is 3.06. The molecule has 0 atom stereocenters. The molecule has 0 aromatic heterocycles. The minimum Gasteiger partial charge on any atom is -0.326 e. The van der Waals surface area contributed by atoms with Crippen LogP contribution in [0.4, 0.5) is 5.69 Å². The maximum atomic E-state index is 12.2. The zero-order valence-corrected chi connectivity index (χ0v) is 17.4. The van der Waals surface area contributed by atoms with Crippen molar-refractivity contribution in [3.8, 4) is 0 Å². The average Bonchev–Trinajstić information content (AvgIpc) is 2.80. The van der Waals surface area contributed by atoms with Gasteiger partial charge in [-0.2, -0.15) is 0 Å². The zero-order chi connectivity index (χ0) is 22.1. The van der Waals surface area contributed by atoms with E-state index in [-0.39, 0.29) is 5.91 Å². The summed E-state index contributed by atoms with van der Waals surface area (Å²) in [5.74, 6) is -0.943. The molecule has 0 spiro atoms. The summed E-state index contributed by atoms with van der Waals surface area (Å²) in [5.41, 5.74) is 6.66. The number of hydrogen-bond donors (Lipinski definition) is 3. The number of hydrazine groups is 1. The number of rotatable bonds is 7. The Balaban J connectivity index is 1.52. The lowest BCUT2D eigenvalue weighted by Crippen LogP contribution is -2.40. The molecule has 0 aliphatic rings. The molecular weight excluding hydrogens is 390 g/mol. The number of carbonyl (C=O) groups excluding carboxylic acids is 3. The van der Waals surface area contributed by atoms with E-state index in [9.17, 15) is 14.4 Å². The van der Waals surface area contributed by atoms with E-state index < -0.39 is 11.8 Å². The molecule has 0 saturated heterocycles. The summed E-state index contributed by atoms with van der Waals surface area (Å²) in [6.45, 7) is 2.03. The molecule has 0 aliphatic heterocycles. The highest BCUT2D eigenvalue weighted by molar-refractivity contribution is 6.00. The SMILES string of the molecule is CCCCC(=O)Nc1ccc(C(=O)NNC(=O)/C=C/c2cccc3ccccc23)cc1. The van der Waals surface area contributed by atoms with E-state index in [0.717, 1.165) is 29.2 Å². The van der Waals surface area contributed by atoms with E-state index in [2.05, 4.69) is 16.2 Å². The largest absolute Gasteiger partial charge is 0.326 e. The molecule has 3 rings (SSSR count). The average molecular weight is 415 g/mol. The fraction of sp³-hybridized carbons (Fsp3) is 0.160. The highest BCUT2D eigenvalue weighted by Gasteiger charge is 2.07. The molecular formula is C25H25N3O3. The molecule has 158 valence electrons. The van der Waals surface area contributed by atoms with Gasteiger partial charge in [0, 0.05) is 23.7 Å². The number of fused-ring (bicyclic) bond motifs is 1. The van der Waals surface area contributed by atoms with Gasteiger partial charge in [0.15, 0.2) is 0 Å². The number of carbonyl (C=O) groups is 3. The number of hydrogen-bond acceptors (Lipinski definition) is 3. The summed E-state index contributed by atoms with van der Waals surface area (Å²) in [5, 5.41) is 4.92. The van der Waals surface area contributed by atoms with Crippen molar-refractivity contribution >= 4 is 40.3 Å². The molecule has 0 fully saturated rings. The first-order valence-corrected chi connectivity index (χ1v) is 10.2. The number of benzene rings is 3. The fourth-order valence-electron chi connectivity index (χ4n) is 3.06. The first kappa shape index (κ1) is 21.8. The van der Waals surface area contributed by atoms with Crippen LogP contribution in [0.25, 0.3) is 16.8 Å². The van der Waals surface area contributed by atoms with Gasteiger partial charge in [0.2, 0.25) is 5.91 Å². The lowest BCUT2D eigenvalue weighted by molar-refractivity contribution is -0.117. The third-order valence-electron chi connectivity index (χ3n) is 4.73. The monoisotopic (exact) mass is 415 g/mol. The van der Waals surface area contributed by atoms with Crippen molar-refractivity contribution in [3.05, 3.63) is 83.9 Å². The Kier molecular flexibility index (Phi) is 7.54. The molecule has 0 unspecified atom stereocenters. The molecule has 0 saturated carbocycles. The van der Waals surface area contributed by atoms with Gasteiger partial charge in [-0.1, -0.05) is 55.8 Å². The maximum Gasteiger partial charge on any atom is 0.269 e. The van der Waals surface area contributed by atoms with Crippen LogP contribution in [0.15, 0.2) is 72.8 Å². The molecule has 3 aromatic rings. The Morgan fingerprint density at radius 2 is 1.61 bits per heavy atom. The third-order valence-corrected chi connectivity index (χ3v) is 4.73. The highest BCUT2D eigenvalue weighted by Crippen LogP contribution is 2.19. The van der Waals surface area contributed by atoms with Gasteiger partial charge in [0.05, 0.1) is 0 Å². The van der Waals surface area contributed by atoms with E-state index in [1.807, 2.05) is 49.4 Å². The Morgan fingerprint density at radius 1 is 0.871 bits per heavy atom. The standard InChI is InChI=1S/C25H25N3O3/c1-2-3-11-23(29)26-21-15-12-20(13-16-21)25(31)28-27-24(30)17-14-19-9-6-8-18-7-4-5-10-22(18)19/h4-10,12-17H,2-3,11H2,1H3,(H,26,29)(H,27,30)(H,28,31)/b17-14+.